The van der Waals surface area contributed by atoms with Gasteiger partial charge in [0, 0.05) is 37.7 Å². The molecular formula is C17H30N4OS. The summed E-state index contributed by atoms with van der Waals surface area (Å²) in [7, 11) is 1.74. The summed E-state index contributed by atoms with van der Waals surface area (Å²) in [5, 5.41) is 9.00. The first-order chi connectivity index (χ1) is 11.3. The predicted molar refractivity (Wildman–Crippen MR) is 98.2 cm³/mol. The number of nitrogens with zero attached hydrogens (tertiary/aromatic N) is 2. The van der Waals surface area contributed by atoms with Crippen LogP contribution in [0.1, 0.15) is 31.1 Å². The van der Waals surface area contributed by atoms with E-state index in [0.29, 0.717) is 6.04 Å². The van der Waals surface area contributed by atoms with Gasteiger partial charge in [0.2, 0.25) is 0 Å². The number of rotatable bonds is 9. The summed E-state index contributed by atoms with van der Waals surface area (Å²) in [6.45, 7) is 8.06. The summed E-state index contributed by atoms with van der Waals surface area (Å²) in [6, 6.07) is 4.75. The summed E-state index contributed by atoms with van der Waals surface area (Å²) in [5.41, 5.74) is 0. The summed E-state index contributed by atoms with van der Waals surface area (Å²) in [4.78, 5) is 8.55. The number of methoxy groups -OCH3 is 1. The fourth-order valence-corrected chi connectivity index (χ4v) is 3.34. The van der Waals surface area contributed by atoms with Crippen molar-refractivity contribution in [1.82, 2.24) is 15.5 Å². The summed E-state index contributed by atoms with van der Waals surface area (Å²) >= 11 is 1.75. The summed E-state index contributed by atoms with van der Waals surface area (Å²) < 4.78 is 5.10. The number of ether oxygens (including phenoxy) is 1. The Morgan fingerprint density at radius 1 is 1.39 bits per heavy atom. The second-order valence-corrected chi connectivity index (χ2v) is 7.02. The van der Waals surface area contributed by atoms with Crippen molar-refractivity contribution in [2.24, 2.45) is 4.99 Å². The minimum Gasteiger partial charge on any atom is -0.385 e. The lowest BCUT2D eigenvalue weighted by Crippen LogP contribution is -2.45. The van der Waals surface area contributed by atoms with Crippen molar-refractivity contribution in [1.29, 1.82) is 0 Å². The maximum Gasteiger partial charge on any atom is 0.191 e. The van der Waals surface area contributed by atoms with Crippen LogP contribution in [0.25, 0.3) is 0 Å². The quantitative estimate of drug-likeness (QED) is 0.412. The maximum absolute atomic E-state index is 5.10. The second-order valence-electron chi connectivity index (χ2n) is 5.99. The van der Waals surface area contributed by atoms with Crippen molar-refractivity contribution in [2.45, 2.75) is 38.8 Å². The van der Waals surface area contributed by atoms with Crippen LogP contribution >= 0.6 is 11.3 Å². The van der Waals surface area contributed by atoms with Crippen LogP contribution in [0, 0.1) is 0 Å². The normalized spacial score (nSPS) is 17.4. The van der Waals surface area contributed by atoms with E-state index in [9.17, 15) is 0 Å². The lowest BCUT2D eigenvalue weighted by atomic mass is 10.3. The second kappa shape index (κ2) is 10.6. The van der Waals surface area contributed by atoms with E-state index in [1.807, 2.05) is 0 Å². The predicted octanol–water partition coefficient (Wildman–Crippen LogP) is 2.30. The number of nitrogens with one attached hydrogen (secondary N) is 2. The molecule has 2 rings (SSSR count). The van der Waals surface area contributed by atoms with E-state index in [1.54, 1.807) is 18.4 Å². The third-order valence-electron chi connectivity index (χ3n) is 4.12. The smallest absolute Gasteiger partial charge is 0.191 e. The molecule has 0 unspecified atom stereocenters. The van der Waals surface area contributed by atoms with E-state index in [1.165, 1.54) is 30.8 Å². The third-order valence-corrected chi connectivity index (χ3v) is 4.98. The molecular weight excluding hydrogens is 308 g/mol. The molecule has 1 atom stereocenters. The van der Waals surface area contributed by atoms with Crippen LogP contribution in [0.4, 0.5) is 0 Å². The van der Waals surface area contributed by atoms with Crippen LogP contribution in [-0.4, -0.2) is 56.8 Å². The van der Waals surface area contributed by atoms with Crippen LogP contribution in [0.3, 0.4) is 0 Å². The minimum absolute atomic E-state index is 0.546. The third kappa shape index (κ3) is 6.89. The molecule has 0 spiro atoms. The molecule has 6 heteroatoms. The zero-order valence-electron chi connectivity index (χ0n) is 14.4. The highest BCUT2D eigenvalue weighted by molar-refractivity contribution is 7.09. The molecule has 0 aliphatic carbocycles. The molecule has 130 valence electrons. The van der Waals surface area contributed by atoms with Gasteiger partial charge < -0.3 is 15.4 Å². The Kier molecular flexibility index (Phi) is 8.42. The van der Waals surface area contributed by atoms with Gasteiger partial charge in [0.25, 0.3) is 0 Å². The van der Waals surface area contributed by atoms with Gasteiger partial charge in [-0.3, -0.25) is 4.90 Å². The first-order valence-electron chi connectivity index (χ1n) is 8.57. The fourth-order valence-electron chi connectivity index (χ4n) is 2.71. The van der Waals surface area contributed by atoms with Crippen molar-refractivity contribution in [3.8, 4) is 0 Å². The largest absolute Gasteiger partial charge is 0.385 e. The van der Waals surface area contributed by atoms with E-state index in [4.69, 9.17) is 9.73 Å². The molecule has 0 radical (unpaired) electrons. The number of hydrogen-bond donors (Lipinski definition) is 2. The van der Waals surface area contributed by atoms with Gasteiger partial charge in [-0.05, 0) is 50.7 Å². The molecule has 0 bridgehead atoms. The van der Waals surface area contributed by atoms with Crippen molar-refractivity contribution in [3.05, 3.63) is 22.4 Å². The molecule has 1 aromatic heterocycles. The van der Waals surface area contributed by atoms with Gasteiger partial charge in [0.15, 0.2) is 5.96 Å². The highest BCUT2D eigenvalue weighted by Gasteiger charge is 2.17. The van der Waals surface area contributed by atoms with Crippen LogP contribution in [0.5, 0.6) is 0 Å². The average Bonchev–Trinajstić information content (AvgIpc) is 3.26. The van der Waals surface area contributed by atoms with Gasteiger partial charge in [0.1, 0.15) is 0 Å². The Bertz CT molecular complexity index is 443. The van der Waals surface area contributed by atoms with Gasteiger partial charge in [-0.2, -0.15) is 0 Å². The summed E-state index contributed by atoms with van der Waals surface area (Å²) in [5.74, 6) is 0.903. The molecule has 1 aliphatic heterocycles. The van der Waals surface area contributed by atoms with Crippen molar-refractivity contribution < 1.29 is 4.74 Å². The molecule has 0 saturated carbocycles. The summed E-state index contributed by atoms with van der Waals surface area (Å²) in [6.07, 6.45) is 3.65. The molecule has 1 aliphatic rings. The average molecular weight is 339 g/mol. The highest BCUT2D eigenvalue weighted by Crippen LogP contribution is 2.11. The van der Waals surface area contributed by atoms with Gasteiger partial charge in [-0.25, -0.2) is 4.99 Å². The SMILES string of the molecule is COCCCNC(=NCc1cccs1)NC[C@@H](C)N1CCCC1. The Morgan fingerprint density at radius 2 is 2.22 bits per heavy atom. The zero-order valence-corrected chi connectivity index (χ0v) is 15.2. The number of guanidine groups is 1. The molecule has 1 fully saturated rings. The topological polar surface area (TPSA) is 48.9 Å². The molecule has 23 heavy (non-hydrogen) atoms. The van der Waals surface area contributed by atoms with E-state index >= 15 is 0 Å². The fraction of sp³-hybridized carbons (Fsp3) is 0.706. The molecule has 0 aromatic carbocycles. The van der Waals surface area contributed by atoms with E-state index in [0.717, 1.165) is 38.6 Å². The Balaban J connectivity index is 1.80. The van der Waals surface area contributed by atoms with Crippen LogP contribution < -0.4 is 10.6 Å². The lowest BCUT2D eigenvalue weighted by molar-refractivity contribution is 0.195. The molecule has 5 nitrogen and oxygen atoms in total. The first kappa shape index (κ1) is 18.2. The molecule has 2 N–H and O–H groups in total. The number of likely N-dealkylation sites (tertiary alicyclic amines) is 1. The van der Waals surface area contributed by atoms with Gasteiger partial charge in [-0.1, -0.05) is 6.07 Å². The zero-order chi connectivity index (χ0) is 16.3. The molecule has 2 heterocycles. The van der Waals surface area contributed by atoms with Crippen molar-refractivity contribution in [3.63, 3.8) is 0 Å². The maximum atomic E-state index is 5.10. The van der Waals surface area contributed by atoms with Gasteiger partial charge in [0.05, 0.1) is 6.54 Å². The van der Waals surface area contributed by atoms with Gasteiger partial charge >= 0.3 is 0 Å². The van der Waals surface area contributed by atoms with E-state index < -0.39 is 0 Å². The molecule has 1 aromatic rings. The molecule has 0 amide bonds. The van der Waals surface area contributed by atoms with Crippen LogP contribution in [-0.2, 0) is 11.3 Å². The number of thiophene rings is 1. The minimum atomic E-state index is 0.546. The Morgan fingerprint density at radius 3 is 2.91 bits per heavy atom. The Labute approximate surface area is 144 Å². The van der Waals surface area contributed by atoms with E-state index in [-0.39, 0.29) is 0 Å². The number of hydrogen-bond acceptors (Lipinski definition) is 4. The lowest BCUT2D eigenvalue weighted by Gasteiger charge is -2.25. The first-order valence-corrected chi connectivity index (χ1v) is 9.45. The molecule has 1 saturated heterocycles. The Hall–Kier alpha value is -1.11. The monoisotopic (exact) mass is 338 g/mol. The van der Waals surface area contributed by atoms with Crippen molar-refractivity contribution >= 4 is 17.3 Å². The van der Waals surface area contributed by atoms with Crippen LogP contribution in [0.2, 0.25) is 0 Å². The van der Waals surface area contributed by atoms with E-state index in [2.05, 4.69) is 40.0 Å². The highest BCUT2D eigenvalue weighted by atomic mass is 32.1. The van der Waals surface area contributed by atoms with Crippen molar-refractivity contribution in [2.75, 3.05) is 39.9 Å². The number of aliphatic imine (C=N–C) groups is 1. The standard InChI is InChI=1S/C17H30N4OS/c1-15(21-9-3-4-10-21)13-19-17(18-8-6-11-22-2)20-14-16-7-5-12-23-16/h5,7,12,15H,3-4,6,8-11,13-14H2,1-2H3,(H2,18,19,20)/t15-/m1/s1. The van der Waals surface area contributed by atoms with Crippen LogP contribution in [0.15, 0.2) is 22.5 Å². The van der Waals surface area contributed by atoms with Gasteiger partial charge in [-0.15, -0.1) is 11.3 Å².